The number of nitrogens with one attached hydrogen (secondary N) is 1. The first-order valence-corrected chi connectivity index (χ1v) is 5.30. The molecule has 2 aromatic heterocycles. The lowest BCUT2D eigenvalue weighted by molar-refractivity contribution is -0.117. The minimum Gasteiger partial charge on any atom is -0.477 e. The molecule has 2 N–H and O–H groups in total. The van der Waals surface area contributed by atoms with Gasteiger partial charge in [-0.25, -0.2) is 9.69 Å². The summed E-state index contributed by atoms with van der Waals surface area (Å²) in [5.74, 6) is -2.06. The third-order valence-corrected chi connectivity index (χ3v) is 2.76. The van der Waals surface area contributed by atoms with Crippen LogP contribution in [0.2, 0.25) is 0 Å². The van der Waals surface area contributed by atoms with E-state index in [1.54, 1.807) is 0 Å². The fourth-order valence-corrected chi connectivity index (χ4v) is 1.89. The number of anilines is 1. The minimum absolute atomic E-state index is 0.0424. The molecule has 1 aliphatic rings. The summed E-state index contributed by atoms with van der Waals surface area (Å²) in [7, 11) is 0. The van der Waals surface area contributed by atoms with Gasteiger partial charge in [0.25, 0.3) is 5.91 Å². The van der Waals surface area contributed by atoms with Crippen molar-refractivity contribution in [2.45, 2.75) is 6.42 Å². The van der Waals surface area contributed by atoms with E-state index in [1.165, 1.54) is 12.3 Å². The normalized spacial score (nSPS) is 14.6. The Labute approximate surface area is 105 Å². The van der Waals surface area contributed by atoms with Crippen LogP contribution in [0.1, 0.15) is 26.6 Å². The Morgan fingerprint density at radius 3 is 2.95 bits per heavy atom. The van der Waals surface area contributed by atoms with E-state index in [9.17, 15) is 14.4 Å². The number of rotatable bonds is 2. The molecule has 0 aromatic carbocycles. The molecule has 2 aromatic rings. The summed E-state index contributed by atoms with van der Waals surface area (Å²) in [5, 5.41) is 14.7. The Hall–Kier alpha value is -2.90. The minimum atomic E-state index is -1.22. The van der Waals surface area contributed by atoms with Crippen molar-refractivity contribution in [2.75, 3.05) is 4.90 Å². The number of hydrogen-bond acceptors (Lipinski definition) is 5. The average molecular weight is 261 g/mol. The van der Waals surface area contributed by atoms with Crippen molar-refractivity contribution < 1.29 is 23.9 Å². The largest absolute Gasteiger partial charge is 0.477 e. The van der Waals surface area contributed by atoms with Crippen LogP contribution < -0.4 is 4.90 Å². The predicted molar refractivity (Wildman–Crippen MR) is 59.8 cm³/mol. The van der Waals surface area contributed by atoms with E-state index in [-0.39, 0.29) is 23.5 Å². The highest BCUT2D eigenvalue weighted by molar-refractivity contribution is 6.24. The van der Waals surface area contributed by atoms with Gasteiger partial charge >= 0.3 is 5.97 Å². The van der Waals surface area contributed by atoms with Crippen molar-refractivity contribution >= 4 is 23.6 Å². The summed E-state index contributed by atoms with van der Waals surface area (Å²) in [6.45, 7) is 0. The first-order valence-electron chi connectivity index (χ1n) is 5.30. The van der Waals surface area contributed by atoms with Gasteiger partial charge in [0.15, 0.2) is 5.82 Å². The molecule has 0 spiro atoms. The lowest BCUT2D eigenvalue weighted by Crippen LogP contribution is -2.42. The first kappa shape index (κ1) is 11.2. The van der Waals surface area contributed by atoms with Crippen LogP contribution in [-0.4, -0.2) is 33.1 Å². The summed E-state index contributed by atoms with van der Waals surface area (Å²) in [4.78, 5) is 35.6. The van der Waals surface area contributed by atoms with E-state index in [0.717, 1.165) is 11.0 Å². The highest BCUT2D eigenvalue weighted by atomic mass is 16.4. The summed E-state index contributed by atoms with van der Waals surface area (Å²) in [6.07, 6.45) is 1.26. The van der Waals surface area contributed by atoms with Gasteiger partial charge < -0.3 is 9.52 Å². The Morgan fingerprint density at radius 1 is 1.47 bits per heavy atom. The molecule has 3 rings (SSSR count). The van der Waals surface area contributed by atoms with E-state index in [1.807, 2.05) is 0 Å². The number of nitrogens with zero attached hydrogens (tertiary/aromatic N) is 2. The van der Waals surface area contributed by atoms with Gasteiger partial charge in [-0.2, -0.15) is 5.10 Å². The summed E-state index contributed by atoms with van der Waals surface area (Å²) in [5.41, 5.74) is 0.0769. The van der Waals surface area contributed by atoms with E-state index in [0.29, 0.717) is 5.76 Å². The second kappa shape index (κ2) is 3.80. The van der Waals surface area contributed by atoms with Crippen molar-refractivity contribution in [1.82, 2.24) is 10.2 Å². The van der Waals surface area contributed by atoms with Gasteiger partial charge in [-0.15, -0.1) is 0 Å². The van der Waals surface area contributed by atoms with Crippen LogP contribution in [0.15, 0.2) is 22.8 Å². The van der Waals surface area contributed by atoms with Crippen LogP contribution in [0.4, 0.5) is 5.82 Å². The molecular formula is C11H7N3O5. The SMILES string of the molecule is O=C(O)c1cc(N2C(=O)Cc3occc3C2=O)n[nH]1. The van der Waals surface area contributed by atoms with Gasteiger partial charge in [0.05, 0.1) is 18.2 Å². The van der Waals surface area contributed by atoms with Gasteiger partial charge in [-0.3, -0.25) is 14.7 Å². The van der Waals surface area contributed by atoms with Crippen molar-refractivity contribution in [1.29, 1.82) is 0 Å². The molecule has 0 fully saturated rings. The average Bonchev–Trinajstić information content (AvgIpc) is 2.97. The third-order valence-electron chi connectivity index (χ3n) is 2.76. The zero-order valence-electron chi connectivity index (χ0n) is 9.41. The molecule has 0 saturated carbocycles. The Kier molecular flexibility index (Phi) is 2.24. The van der Waals surface area contributed by atoms with Gasteiger partial charge in [-0.05, 0) is 6.07 Å². The van der Waals surface area contributed by atoms with Crippen molar-refractivity contribution in [3.8, 4) is 0 Å². The molecule has 96 valence electrons. The highest BCUT2D eigenvalue weighted by Crippen LogP contribution is 2.25. The number of carbonyl (C=O) groups excluding carboxylic acids is 2. The second-order valence-electron chi connectivity index (χ2n) is 3.91. The fourth-order valence-electron chi connectivity index (χ4n) is 1.89. The monoisotopic (exact) mass is 261 g/mol. The van der Waals surface area contributed by atoms with Crippen LogP contribution in [0.3, 0.4) is 0 Å². The number of amides is 2. The highest BCUT2D eigenvalue weighted by Gasteiger charge is 2.35. The molecule has 8 heteroatoms. The van der Waals surface area contributed by atoms with Crippen molar-refractivity contribution in [3.05, 3.63) is 35.4 Å². The lowest BCUT2D eigenvalue weighted by atomic mass is 10.1. The molecule has 0 unspecified atom stereocenters. The molecule has 0 bridgehead atoms. The van der Waals surface area contributed by atoms with Crippen LogP contribution in [0, 0.1) is 0 Å². The quantitative estimate of drug-likeness (QED) is 0.757. The van der Waals surface area contributed by atoms with E-state index in [2.05, 4.69) is 10.2 Å². The molecule has 0 aliphatic carbocycles. The maximum Gasteiger partial charge on any atom is 0.353 e. The number of carbonyl (C=O) groups is 3. The topological polar surface area (TPSA) is 116 Å². The van der Waals surface area contributed by atoms with Gasteiger partial charge in [0.1, 0.15) is 11.5 Å². The summed E-state index contributed by atoms with van der Waals surface area (Å²) < 4.78 is 5.03. The number of H-pyrrole nitrogens is 1. The molecule has 0 radical (unpaired) electrons. The molecule has 3 heterocycles. The van der Waals surface area contributed by atoms with Crippen LogP contribution in [0.25, 0.3) is 0 Å². The van der Waals surface area contributed by atoms with Gasteiger partial charge in [-0.1, -0.05) is 0 Å². The Bertz CT molecular complexity index is 699. The molecule has 2 amide bonds. The molecule has 8 nitrogen and oxygen atoms in total. The lowest BCUT2D eigenvalue weighted by Gasteiger charge is -2.21. The molecule has 1 aliphatic heterocycles. The Morgan fingerprint density at radius 2 is 2.26 bits per heavy atom. The van der Waals surface area contributed by atoms with E-state index in [4.69, 9.17) is 9.52 Å². The fraction of sp³-hybridized carbons (Fsp3) is 0.0909. The van der Waals surface area contributed by atoms with Crippen LogP contribution in [0.5, 0.6) is 0 Å². The van der Waals surface area contributed by atoms with Crippen molar-refractivity contribution in [3.63, 3.8) is 0 Å². The summed E-state index contributed by atoms with van der Waals surface area (Å²) >= 11 is 0. The number of furan rings is 1. The van der Waals surface area contributed by atoms with Gasteiger partial charge in [0.2, 0.25) is 5.91 Å². The Balaban J connectivity index is 2.03. The number of carboxylic acids is 1. The molecule has 0 saturated heterocycles. The standard InChI is InChI=1S/C11H7N3O5/c15-9-4-7-5(1-2-19-7)10(16)14(9)8-3-6(11(17)18)12-13-8/h1-3H,4H2,(H,12,13)(H,17,18). The number of fused-ring (bicyclic) bond motifs is 1. The number of hydrogen-bond donors (Lipinski definition) is 2. The zero-order valence-corrected chi connectivity index (χ0v) is 9.41. The van der Waals surface area contributed by atoms with Crippen LogP contribution >= 0.6 is 0 Å². The molecule has 19 heavy (non-hydrogen) atoms. The number of aromatic carboxylic acids is 1. The number of imide groups is 1. The third kappa shape index (κ3) is 1.61. The first-order chi connectivity index (χ1) is 9.08. The maximum absolute atomic E-state index is 12.1. The van der Waals surface area contributed by atoms with E-state index < -0.39 is 17.8 Å². The second-order valence-corrected chi connectivity index (χ2v) is 3.91. The molecular weight excluding hydrogens is 254 g/mol. The summed E-state index contributed by atoms with van der Waals surface area (Å²) in [6, 6.07) is 2.59. The van der Waals surface area contributed by atoms with Crippen molar-refractivity contribution in [2.24, 2.45) is 0 Å². The maximum atomic E-state index is 12.1. The van der Waals surface area contributed by atoms with E-state index >= 15 is 0 Å². The number of aromatic amines is 1. The number of carboxylic acid groups (broad SMARTS) is 1. The number of aromatic nitrogens is 2. The van der Waals surface area contributed by atoms with Crippen LogP contribution in [-0.2, 0) is 11.2 Å². The predicted octanol–water partition coefficient (Wildman–Crippen LogP) is 0.430. The smallest absolute Gasteiger partial charge is 0.353 e. The van der Waals surface area contributed by atoms with Gasteiger partial charge in [0, 0.05) is 6.07 Å². The molecule has 0 atom stereocenters. The zero-order chi connectivity index (χ0) is 13.6.